The van der Waals surface area contributed by atoms with Crippen LogP contribution in [-0.2, 0) is 0 Å². The lowest BCUT2D eigenvalue weighted by Gasteiger charge is -2.07. The monoisotopic (exact) mass is 241 g/mol. The fourth-order valence-corrected chi connectivity index (χ4v) is 1.58. The predicted molar refractivity (Wildman–Crippen MR) is 72.5 cm³/mol. The summed E-state index contributed by atoms with van der Waals surface area (Å²) in [5.41, 5.74) is 9.32. The van der Waals surface area contributed by atoms with Crippen molar-refractivity contribution in [1.29, 1.82) is 0 Å². The number of carbonyl (C=O) groups excluding carboxylic acids is 1. The van der Waals surface area contributed by atoms with Gasteiger partial charge in [-0.1, -0.05) is 12.1 Å². The normalized spacial score (nSPS) is 10.1. The average Bonchev–Trinajstić information content (AvgIpc) is 2.34. The minimum Gasteiger partial charge on any atom is -0.398 e. The van der Waals surface area contributed by atoms with Gasteiger partial charge in [0, 0.05) is 17.1 Å². The standard InChI is InChI=1S/C14H15N3O/c1-9-6-7-11(8-12(9)15)17-14(18)13-5-3-4-10(2)16-13/h3-8H,15H2,1-2H3,(H,17,18). The Morgan fingerprint density at radius 2 is 2.00 bits per heavy atom. The minimum atomic E-state index is -0.234. The lowest BCUT2D eigenvalue weighted by Crippen LogP contribution is -2.14. The summed E-state index contributed by atoms with van der Waals surface area (Å²) in [6, 6.07) is 10.8. The van der Waals surface area contributed by atoms with Gasteiger partial charge in [0.15, 0.2) is 0 Å². The molecule has 0 atom stereocenters. The number of hydrogen-bond donors (Lipinski definition) is 2. The molecule has 1 amide bonds. The van der Waals surface area contributed by atoms with Crippen LogP contribution in [0.25, 0.3) is 0 Å². The highest BCUT2D eigenvalue weighted by Gasteiger charge is 2.08. The van der Waals surface area contributed by atoms with Crippen LogP contribution >= 0.6 is 0 Å². The number of hydrogen-bond acceptors (Lipinski definition) is 3. The Balaban J connectivity index is 2.18. The van der Waals surface area contributed by atoms with Crippen molar-refractivity contribution in [2.75, 3.05) is 11.1 Å². The Kier molecular flexibility index (Phi) is 3.28. The van der Waals surface area contributed by atoms with Crippen LogP contribution in [0, 0.1) is 13.8 Å². The number of nitrogen functional groups attached to an aromatic ring is 1. The number of anilines is 2. The van der Waals surface area contributed by atoms with E-state index >= 15 is 0 Å². The number of aryl methyl sites for hydroxylation is 2. The van der Waals surface area contributed by atoms with Gasteiger partial charge in [0.25, 0.3) is 5.91 Å². The van der Waals surface area contributed by atoms with E-state index in [1.165, 1.54) is 0 Å². The summed E-state index contributed by atoms with van der Waals surface area (Å²) >= 11 is 0. The molecule has 2 rings (SSSR count). The van der Waals surface area contributed by atoms with Gasteiger partial charge < -0.3 is 11.1 Å². The fraction of sp³-hybridized carbons (Fsp3) is 0.143. The molecule has 0 aliphatic rings. The van der Waals surface area contributed by atoms with Gasteiger partial charge in [-0.3, -0.25) is 4.79 Å². The molecule has 1 aromatic carbocycles. The number of nitrogens with zero attached hydrogens (tertiary/aromatic N) is 1. The number of aromatic nitrogens is 1. The third-order valence-corrected chi connectivity index (χ3v) is 2.66. The largest absolute Gasteiger partial charge is 0.398 e. The maximum Gasteiger partial charge on any atom is 0.274 e. The molecule has 3 N–H and O–H groups in total. The molecule has 92 valence electrons. The van der Waals surface area contributed by atoms with E-state index in [-0.39, 0.29) is 5.91 Å². The molecule has 0 saturated heterocycles. The molecule has 0 bridgehead atoms. The molecule has 4 nitrogen and oxygen atoms in total. The van der Waals surface area contributed by atoms with Gasteiger partial charge in [0.2, 0.25) is 0 Å². The van der Waals surface area contributed by atoms with Crippen LogP contribution in [0.3, 0.4) is 0 Å². The van der Waals surface area contributed by atoms with Crippen LogP contribution in [0.4, 0.5) is 11.4 Å². The molecule has 18 heavy (non-hydrogen) atoms. The number of nitrogens with one attached hydrogen (secondary N) is 1. The molecular weight excluding hydrogens is 226 g/mol. The predicted octanol–water partition coefficient (Wildman–Crippen LogP) is 2.53. The van der Waals surface area contributed by atoms with Crippen molar-refractivity contribution in [3.05, 3.63) is 53.3 Å². The van der Waals surface area contributed by atoms with E-state index in [4.69, 9.17) is 5.73 Å². The number of pyridine rings is 1. The van der Waals surface area contributed by atoms with Gasteiger partial charge in [-0.05, 0) is 43.7 Å². The van der Waals surface area contributed by atoms with Crippen LogP contribution in [0.1, 0.15) is 21.7 Å². The summed E-state index contributed by atoms with van der Waals surface area (Å²) in [4.78, 5) is 16.1. The number of amides is 1. The fourth-order valence-electron chi connectivity index (χ4n) is 1.58. The van der Waals surface area contributed by atoms with Crippen molar-refractivity contribution in [3.8, 4) is 0 Å². The Morgan fingerprint density at radius 3 is 2.67 bits per heavy atom. The van der Waals surface area contributed by atoms with Crippen molar-refractivity contribution in [1.82, 2.24) is 4.98 Å². The van der Waals surface area contributed by atoms with E-state index in [1.54, 1.807) is 18.2 Å². The van der Waals surface area contributed by atoms with Gasteiger partial charge in [0.1, 0.15) is 5.69 Å². The molecule has 1 heterocycles. The van der Waals surface area contributed by atoms with Crippen LogP contribution in [0.5, 0.6) is 0 Å². The maximum atomic E-state index is 11.9. The molecule has 0 aliphatic carbocycles. The summed E-state index contributed by atoms with van der Waals surface area (Å²) in [5.74, 6) is -0.234. The zero-order chi connectivity index (χ0) is 13.1. The lowest BCUT2D eigenvalue weighted by molar-refractivity contribution is 0.102. The van der Waals surface area contributed by atoms with Gasteiger partial charge >= 0.3 is 0 Å². The number of nitrogens with two attached hydrogens (primary N) is 1. The quantitative estimate of drug-likeness (QED) is 0.794. The van der Waals surface area contributed by atoms with Crippen molar-refractivity contribution in [2.45, 2.75) is 13.8 Å². The van der Waals surface area contributed by atoms with Crippen LogP contribution < -0.4 is 11.1 Å². The maximum absolute atomic E-state index is 11.9. The molecule has 0 saturated carbocycles. The van der Waals surface area contributed by atoms with E-state index < -0.39 is 0 Å². The highest BCUT2D eigenvalue weighted by molar-refractivity contribution is 6.03. The molecule has 0 spiro atoms. The highest BCUT2D eigenvalue weighted by Crippen LogP contribution is 2.17. The Hall–Kier alpha value is -2.36. The molecule has 4 heteroatoms. The van der Waals surface area contributed by atoms with E-state index in [9.17, 15) is 4.79 Å². The molecule has 0 aliphatic heterocycles. The van der Waals surface area contributed by atoms with Crippen molar-refractivity contribution in [2.24, 2.45) is 0 Å². The van der Waals surface area contributed by atoms with Gasteiger partial charge in [-0.15, -0.1) is 0 Å². The third-order valence-electron chi connectivity index (χ3n) is 2.66. The second-order valence-electron chi connectivity index (χ2n) is 4.19. The molecule has 0 radical (unpaired) electrons. The topological polar surface area (TPSA) is 68.0 Å². The van der Waals surface area contributed by atoms with Gasteiger partial charge in [-0.25, -0.2) is 4.98 Å². The van der Waals surface area contributed by atoms with Crippen molar-refractivity contribution >= 4 is 17.3 Å². The zero-order valence-corrected chi connectivity index (χ0v) is 10.4. The van der Waals surface area contributed by atoms with Crippen LogP contribution in [0.2, 0.25) is 0 Å². The SMILES string of the molecule is Cc1cccc(C(=O)Nc2ccc(C)c(N)c2)n1. The van der Waals surface area contributed by atoms with Gasteiger partial charge in [-0.2, -0.15) is 0 Å². The first-order valence-electron chi connectivity index (χ1n) is 5.67. The Labute approximate surface area is 106 Å². The molecule has 1 aromatic heterocycles. The van der Waals surface area contributed by atoms with E-state index in [0.717, 1.165) is 11.3 Å². The van der Waals surface area contributed by atoms with Crippen molar-refractivity contribution in [3.63, 3.8) is 0 Å². The lowest BCUT2D eigenvalue weighted by atomic mass is 10.2. The second-order valence-corrected chi connectivity index (χ2v) is 4.19. The molecule has 2 aromatic rings. The second kappa shape index (κ2) is 4.87. The first-order chi connectivity index (χ1) is 8.56. The van der Waals surface area contributed by atoms with Crippen LogP contribution in [0.15, 0.2) is 36.4 Å². The average molecular weight is 241 g/mol. The first kappa shape index (κ1) is 12.1. The summed E-state index contributed by atoms with van der Waals surface area (Å²) < 4.78 is 0. The molecule has 0 unspecified atom stereocenters. The van der Waals surface area contributed by atoms with Crippen LogP contribution in [-0.4, -0.2) is 10.9 Å². The zero-order valence-electron chi connectivity index (χ0n) is 10.4. The smallest absolute Gasteiger partial charge is 0.274 e. The van der Waals surface area contributed by atoms with Gasteiger partial charge in [0.05, 0.1) is 0 Å². The third kappa shape index (κ3) is 2.66. The summed E-state index contributed by atoms with van der Waals surface area (Å²) in [6.45, 7) is 3.77. The number of rotatable bonds is 2. The van der Waals surface area contributed by atoms with E-state index in [0.29, 0.717) is 17.1 Å². The summed E-state index contributed by atoms with van der Waals surface area (Å²) in [6.07, 6.45) is 0. The Bertz CT molecular complexity index is 593. The number of benzene rings is 1. The summed E-state index contributed by atoms with van der Waals surface area (Å²) in [5, 5.41) is 2.77. The molecule has 0 fully saturated rings. The molecular formula is C14H15N3O. The number of carbonyl (C=O) groups is 1. The highest BCUT2D eigenvalue weighted by atomic mass is 16.1. The Morgan fingerprint density at radius 1 is 1.22 bits per heavy atom. The first-order valence-corrected chi connectivity index (χ1v) is 5.67. The van der Waals surface area contributed by atoms with E-state index in [2.05, 4.69) is 10.3 Å². The minimum absolute atomic E-state index is 0.234. The van der Waals surface area contributed by atoms with E-state index in [1.807, 2.05) is 32.0 Å². The van der Waals surface area contributed by atoms with Crippen molar-refractivity contribution < 1.29 is 4.79 Å². The summed E-state index contributed by atoms with van der Waals surface area (Å²) in [7, 11) is 0.